The van der Waals surface area contributed by atoms with Crippen molar-refractivity contribution in [1.82, 2.24) is 29.6 Å². The highest BCUT2D eigenvalue weighted by Crippen LogP contribution is 2.38. The Labute approximate surface area is 149 Å². The zero-order chi connectivity index (χ0) is 17.8. The number of fused-ring (bicyclic) bond motifs is 1. The average Bonchev–Trinajstić information content (AvgIpc) is 3.35. The molecule has 0 spiro atoms. The van der Waals surface area contributed by atoms with Crippen molar-refractivity contribution in [2.75, 3.05) is 29.9 Å². The fourth-order valence-electron chi connectivity index (χ4n) is 3.31. The van der Waals surface area contributed by atoms with Gasteiger partial charge in [-0.2, -0.15) is 9.61 Å². The monoisotopic (exact) mass is 352 g/mol. The van der Waals surface area contributed by atoms with Gasteiger partial charge < -0.3 is 9.80 Å². The molecule has 26 heavy (non-hydrogen) atoms. The molecule has 0 radical (unpaired) electrons. The molecule has 1 saturated heterocycles. The molecule has 2 aliphatic rings. The Morgan fingerprint density at radius 2 is 1.88 bits per heavy atom. The smallest absolute Gasteiger partial charge is 0.266 e. The predicted molar refractivity (Wildman–Crippen MR) is 96.6 cm³/mol. The van der Waals surface area contributed by atoms with Crippen molar-refractivity contribution in [3.05, 3.63) is 40.4 Å². The lowest BCUT2D eigenvalue weighted by Gasteiger charge is -2.44. The first-order valence-corrected chi connectivity index (χ1v) is 8.84. The van der Waals surface area contributed by atoms with Crippen LogP contribution < -0.4 is 15.4 Å². The van der Waals surface area contributed by atoms with Crippen LogP contribution in [-0.2, 0) is 7.05 Å². The zero-order valence-corrected chi connectivity index (χ0v) is 14.8. The molecule has 0 aromatic carbocycles. The van der Waals surface area contributed by atoms with Crippen molar-refractivity contribution in [2.45, 2.75) is 24.8 Å². The van der Waals surface area contributed by atoms with Crippen LogP contribution in [0.4, 0.5) is 11.6 Å². The van der Waals surface area contributed by atoms with Crippen LogP contribution in [0.3, 0.4) is 0 Å². The summed E-state index contributed by atoms with van der Waals surface area (Å²) < 4.78 is 3.25. The normalized spacial score (nSPS) is 17.5. The van der Waals surface area contributed by atoms with Crippen LogP contribution in [0.25, 0.3) is 5.65 Å². The van der Waals surface area contributed by atoms with E-state index in [9.17, 15) is 4.79 Å². The molecule has 3 aromatic rings. The van der Waals surface area contributed by atoms with Gasteiger partial charge in [-0.15, -0.1) is 15.3 Å². The maximum atomic E-state index is 11.5. The fourth-order valence-corrected chi connectivity index (χ4v) is 3.31. The Hall–Kier alpha value is -2.97. The summed E-state index contributed by atoms with van der Waals surface area (Å²) >= 11 is 0. The Morgan fingerprint density at radius 3 is 2.62 bits per heavy atom. The van der Waals surface area contributed by atoms with E-state index in [4.69, 9.17) is 5.10 Å². The number of hydrogen-bond donors (Lipinski definition) is 0. The second-order valence-corrected chi connectivity index (χ2v) is 7.12. The maximum absolute atomic E-state index is 11.5. The molecule has 1 saturated carbocycles. The summed E-state index contributed by atoms with van der Waals surface area (Å²) in [7, 11) is 3.68. The molecule has 0 amide bonds. The van der Waals surface area contributed by atoms with Crippen molar-refractivity contribution in [1.29, 1.82) is 0 Å². The molecular formula is C17H20N8O. The summed E-state index contributed by atoms with van der Waals surface area (Å²) in [6, 6.07) is 7.64. The summed E-state index contributed by atoms with van der Waals surface area (Å²) in [5, 5.41) is 17.6. The lowest BCUT2D eigenvalue weighted by Crippen LogP contribution is -2.59. The molecule has 1 aliphatic carbocycles. The first kappa shape index (κ1) is 15.3. The van der Waals surface area contributed by atoms with Gasteiger partial charge in [-0.3, -0.25) is 4.79 Å². The first-order valence-electron chi connectivity index (χ1n) is 8.84. The number of likely N-dealkylation sites (N-methyl/N-ethyl adjacent to an activating group) is 1. The predicted octanol–water partition coefficient (Wildman–Crippen LogP) is 0.420. The van der Waals surface area contributed by atoms with Crippen molar-refractivity contribution in [2.24, 2.45) is 7.05 Å². The van der Waals surface area contributed by atoms with Gasteiger partial charge in [-0.1, -0.05) is 0 Å². The number of aryl methyl sites for hydroxylation is 1. The number of anilines is 2. The lowest BCUT2D eigenvalue weighted by atomic mass is 10.1. The molecule has 5 rings (SSSR count). The third-order valence-electron chi connectivity index (χ3n) is 5.26. The number of aromatic nitrogens is 6. The van der Waals surface area contributed by atoms with Gasteiger partial charge in [-0.25, -0.2) is 4.68 Å². The van der Waals surface area contributed by atoms with Crippen LogP contribution in [0.2, 0.25) is 0 Å². The number of hydrogen-bond acceptors (Lipinski definition) is 7. The largest absolute Gasteiger partial charge is 0.352 e. The van der Waals surface area contributed by atoms with Gasteiger partial charge in [0, 0.05) is 39.2 Å². The molecule has 2 fully saturated rings. The number of rotatable bonds is 4. The van der Waals surface area contributed by atoms with Crippen LogP contribution in [0.15, 0.2) is 29.1 Å². The van der Waals surface area contributed by atoms with E-state index in [2.05, 4.69) is 25.1 Å². The minimum absolute atomic E-state index is 0.102. The summed E-state index contributed by atoms with van der Waals surface area (Å²) in [5.74, 6) is 3.23. The van der Waals surface area contributed by atoms with E-state index in [0.717, 1.165) is 36.2 Å². The van der Waals surface area contributed by atoms with Crippen LogP contribution in [0.5, 0.6) is 0 Å². The Balaban J connectivity index is 1.33. The zero-order valence-electron chi connectivity index (χ0n) is 14.8. The molecule has 3 aromatic heterocycles. The molecule has 9 heteroatoms. The highest BCUT2D eigenvalue weighted by Gasteiger charge is 2.33. The van der Waals surface area contributed by atoms with Crippen molar-refractivity contribution < 1.29 is 0 Å². The maximum Gasteiger partial charge on any atom is 0.266 e. The van der Waals surface area contributed by atoms with Crippen LogP contribution in [0, 0.1) is 0 Å². The quantitative estimate of drug-likeness (QED) is 0.673. The minimum atomic E-state index is -0.102. The van der Waals surface area contributed by atoms with Gasteiger partial charge >= 0.3 is 0 Å². The topological polar surface area (TPSA) is 84.5 Å². The first-order chi connectivity index (χ1) is 12.6. The van der Waals surface area contributed by atoms with Crippen LogP contribution in [-0.4, -0.2) is 55.8 Å². The van der Waals surface area contributed by atoms with E-state index in [0.29, 0.717) is 12.0 Å². The van der Waals surface area contributed by atoms with Gasteiger partial charge in [0.2, 0.25) is 0 Å². The third kappa shape index (κ3) is 2.42. The van der Waals surface area contributed by atoms with E-state index >= 15 is 0 Å². The van der Waals surface area contributed by atoms with E-state index in [1.165, 1.54) is 17.5 Å². The highest BCUT2D eigenvalue weighted by atomic mass is 16.1. The van der Waals surface area contributed by atoms with Gasteiger partial charge in [0.25, 0.3) is 5.56 Å². The molecule has 9 nitrogen and oxygen atoms in total. The SMILES string of the molecule is CN(c1ccc(=O)n(C)n1)C1CN(c2ccc3nnc(C4CC4)n3n2)C1. The number of nitrogens with zero attached hydrogens (tertiary/aromatic N) is 8. The third-order valence-corrected chi connectivity index (χ3v) is 5.26. The van der Waals surface area contributed by atoms with Crippen molar-refractivity contribution in [3.63, 3.8) is 0 Å². The standard InChI is InChI=1S/C17H20N8O/c1-22(14-7-8-16(26)23(2)20-14)12-9-24(10-12)15-6-5-13-18-19-17(11-3-4-11)25(13)21-15/h5-8,11-12H,3-4,9-10H2,1-2H3. The molecule has 1 aliphatic heterocycles. The summed E-state index contributed by atoms with van der Waals surface area (Å²) in [4.78, 5) is 15.9. The second kappa shape index (κ2) is 5.52. The molecular weight excluding hydrogens is 332 g/mol. The van der Waals surface area contributed by atoms with Gasteiger partial charge in [0.1, 0.15) is 11.6 Å². The average molecular weight is 352 g/mol. The van der Waals surface area contributed by atoms with Gasteiger partial charge in [-0.05, 0) is 31.0 Å². The lowest BCUT2D eigenvalue weighted by molar-refractivity contribution is 0.483. The van der Waals surface area contributed by atoms with Crippen LogP contribution in [0.1, 0.15) is 24.6 Å². The second-order valence-electron chi connectivity index (χ2n) is 7.12. The van der Waals surface area contributed by atoms with E-state index in [1.807, 2.05) is 23.7 Å². The van der Waals surface area contributed by atoms with Crippen LogP contribution >= 0.6 is 0 Å². The fraction of sp³-hybridized carbons (Fsp3) is 0.471. The summed E-state index contributed by atoms with van der Waals surface area (Å²) in [6.07, 6.45) is 2.35. The summed E-state index contributed by atoms with van der Waals surface area (Å²) in [6.45, 7) is 1.72. The molecule has 0 atom stereocenters. The van der Waals surface area contributed by atoms with Crippen molar-refractivity contribution in [3.8, 4) is 0 Å². The summed E-state index contributed by atoms with van der Waals surface area (Å²) in [5.41, 5.74) is 0.703. The minimum Gasteiger partial charge on any atom is -0.352 e. The molecule has 0 N–H and O–H groups in total. The van der Waals surface area contributed by atoms with E-state index in [-0.39, 0.29) is 5.56 Å². The molecule has 4 heterocycles. The molecule has 134 valence electrons. The van der Waals surface area contributed by atoms with Gasteiger partial charge in [0.15, 0.2) is 11.5 Å². The Kier molecular flexibility index (Phi) is 3.25. The molecule has 0 unspecified atom stereocenters. The van der Waals surface area contributed by atoms with E-state index < -0.39 is 0 Å². The Morgan fingerprint density at radius 1 is 1.08 bits per heavy atom. The van der Waals surface area contributed by atoms with E-state index in [1.54, 1.807) is 19.2 Å². The Bertz CT molecular complexity index is 1030. The molecule has 0 bridgehead atoms. The van der Waals surface area contributed by atoms with Gasteiger partial charge in [0.05, 0.1) is 6.04 Å². The van der Waals surface area contributed by atoms with Crippen molar-refractivity contribution >= 4 is 17.3 Å². The highest BCUT2D eigenvalue weighted by molar-refractivity contribution is 5.50.